The summed E-state index contributed by atoms with van der Waals surface area (Å²) in [5.41, 5.74) is 0. The fourth-order valence-corrected chi connectivity index (χ4v) is 0.527. The Bertz CT molecular complexity index is 174. The van der Waals surface area contributed by atoms with Crippen LogP contribution in [0.3, 0.4) is 0 Å². The van der Waals surface area contributed by atoms with E-state index < -0.39 is 7.82 Å². The van der Waals surface area contributed by atoms with Crippen LogP contribution >= 0.6 is 19.4 Å². The molecular formula is C3H3CuNO4PS. The molecule has 0 amide bonds. The van der Waals surface area contributed by atoms with Gasteiger partial charge in [-0.05, 0) is 17.6 Å². The van der Waals surface area contributed by atoms with Gasteiger partial charge in [0.15, 0.2) is 0 Å². The fraction of sp³-hybridized carbons (Fsp3) is 0. The molecule has 0 fully saturated rings. The summed E-state index contributed by atoms with van der Waals surface area (Å²) in [6.07, 6.45) is 1.77. The molecule has 1 heterocycles. The van der Waals surface area contributed by atoms with Crippen LogP contribution in [0.4, 0.5) is 0 Å². The van der Waals surface area contributed by atoms with Crippen molar-refractivity contribution in [3.05, 3.63) is 17.6 Å². The van der Waals surface area contributed by atoms with Crippen LogP contribution in [0.2, 0.25) is 0 Å². The number of aromatic nitrogens is 1. The molecule has 0 saturated carbocycles. The monoisotopic (exact) mass is 243 g/mol. The van der Waals surface area contributed by atoms with Crippen molar-refractivity contribution in [2.24, 2.45) is 0 Å². The zero-order valence-electron chi connectivity index (χ0n) is 4.97. The summed E-state index contributed by atoms with van der Waals surface area (Å²) in [5, 5.41) is 1.93. The van der Waals surface area contributed by atoms with Crippen molar-refractivity contribution in [3.8, 4) is 0 Å². The molecule has 66 valence electrons. The van der Waals surface area contributed by atoms with Gasteiger partial charge in [-0.25, -0.2) is 4.37 Å². The zero-order chi connectivity index (χ0) is 8.04. The number of phosphoric acid groups is 1. The molecule has 0 aromatic carbocycles. The van der Waals surface area contributed by atoms with E-state index in [0.717, 1.165) is 0 Å². The maximum atomic E-state index is 8.55. The minimum absolute atomic E-state index is 0. The number of hydrogen-bond donors (Lipinski definition) is 0. The van der Waals surface area contributed by atoms with Crippen LogP contribution in [-0.4, -0.2) is 4.37 Å². The second-order valence-corrected chi connectivity index (χ2v) is 2.72. The van der Waals surface area contributed by atoms with Crippen LogP contribution in [0.1, 0.15) is 0 Å². The minimum atomic E-state index is -5.39. The largest absolute Gasteiger partial charge is 3.00 e. The third-order valence-corrected chi connectivity index (χ3v) is 0.869. The van der Waals surface area contributed by atoms with Gasteiger partial charge in [0.1, 0.15) is 0 Å². The van der Waals surface area contributed by atoms with Gasteiger partial charge in [-0.15, -0.1) is 0 Å². The smallest absolute Gasteiger partial charge is 0.822 e. The Labute approximate surface area is 78.0 Å². The molecule has 1 aromatic rings. The first-order valence-corrected chi connectivity index (χ1v) is 4.37. The van der Waals surface area contributed by atoms with Crippen molar-refractivity contribution in [2.45, 2.75) is 0 Å². The van der Waals surface area contributed by atoms with Gasteiger partial charge >= 0.3 is 17.1 Å². The Kier molecular flexibility index (Phi) is 8.72. The molecule has 0 radical (unpaired) electrons. The summed E-state index contributed by atoms with van der Waals surface area (Å²) in [6.45, 7) is 0. The molecule has 0 bridgehead atoms. The first-order chi connectivity index (χ1) is 4.50. The normalized spacial score (nSPS) is 9.00. The molecule has 0 atom stereocenters. The van der Waals surface area contributed by atoms with Crippen LogP contribution in [-0.2, 0) is 21.6 Å². The van der Waals surface area contributed by atoms with Crippen molar-refractivity contribution in [3.63, 3.8) is 0 Å². The van der Waals surface area contributed by atoms with E-state index in [9.17, 15) is 0 Å². The maximum absolute atomic E-state index is 8.55. The first-order valence-electron chi connectivity index (χ1n) is 2.07. The Balaban J connectivity index is 0. The Morgan fingerprint density at radius 3 is 1.91 bits per heavy atom. The average molecular weight is 244 g/mol. The molecule has 0 aliphatic rings. The van der Waals surface area contributed by atoms with E-state index in [2.05, 4.69) is 4.37 Å². The molecule has 0 saturated heterocycles. The van der Waals surface area contributed by atoms with Crippen molar-refractivity contribution >= 4 is 19.4 Å². The van der Waals surface area contributed by atoms with Gasteiger partial charge in [0, 0.05) is 11.6 Å². The molecule has 0 N–H and O–H groups in total. The van der Waals surface area contributed by atoms with Crippen molar-refractivity contribution in [2.75, 3.05) is 0 Å². The fourth-order valence-electron chi connectivity index (χ4n) is 0.176. The van der Waals surface area contributed by atoms with Crippen LogP contribution < -0.4 is 14.7 Å². The predicted octanol–water partition coefficient (Wildman–Crippen LogP) is -1.68. The summed E-state index contributed by atoms with van der Waals surface area (Å²) in [7, 11) is -5.39. The van der Waals surface area contributed by atoms with E-state index in [1.54, 1.807) is 6.20 Å². The second kappa shape index (κ2) is 6.94. The standard InChI is InChI=1S/C3H3NS.Cu.H3O4P/c1-2-4-5-3-1;;1-5(2,3)4/h1-3H;;(H3,1,2,3,4)/q;+3;/p-3. The van der Waals surface area contributed by atoms with Gasteiger partial charge in [-0.3, -0.25) is 0 Å². The average Bonchev–Trinajstić information content (AvgIpc) is 2.07. The van der Waals surface area contributed by atoms with Gasteiger partial charge in [0.05, 0.1) is 0 Å². The summed E-state index contributed by atoms with van der Waals surface area (Å²) >= 11 is 1.46. The van der Waals surface area contributed by atoms with Crippen molar-refractivity contribution in [1.82, 2.24) is 4.37 Å². The summed E-state index contributed by atoms with van der Waals surface area (Å²) in [5.74, 6) is 0. The molecule has 11 heavy (non-hydrogen) atoms. The quantitative estimate of drug-likeness (QED) is 0.400. The van der Waals surface area contributed by atoms with Crippen molar-refractivity contribution < 1.29 is 36.3 Å². The molecule has 0 aliphatic heterocycles. The molecule has 1 rings (SSSR count). The van der Waals surface area contributed by atoms with Crippen LogP contribution in [0.5, 0.6) is 0 Å². The van der Waals surface area contributed by atoms with E-state index in [1.165, 1.54) is 11.5 Å². The number of rotatable bonds is 0. The third kappa shape index (κ3) is 25.3. The van der Waals surface area contributed by atoms with E-state index >= 15 is 0 Å². The van der Waals surface area contributed by atoms with Crippen LogP contribution in [0.25, 0.3) is 0 Å². The van der Waals surface area contributed by atoms with Gasteiger partial charge in [0.2, 0.25) is 0 Å². The summed E-state index contributed by atoms with van der Waals surface area (Å²) in [4.78, 5) is 25.6. The molecule has 0 aliphatic carbocycles. The molecule has 0 spiro atoms. The maximum Gasteiger partial charge on any atom is 3.00 e. The summed E-state index contributed by atoms with van der Waals surface area (Å²) < 4.78 is 12.3. The van der Waals surface area contributed by atoms with E-state index in [4.69, 9.17) is 19.2 Å². The zero-order valence-corrected chi connectivity index (χ0v) is 7.62. The Morgan fingerprint density at radius 2 is 1.82 bits per heavy atom. The first kappa shape index (κ1) is 13.8. The van der Waals surface area contributed by atoms with E-state index in [0.29, 0.717) is 0 Å². The Morgan fingerprint density at radius 1 is 1.36 bits per heavy atom. The minimum Gasteiger partial charge on any atom is -0.822 e. The van der Waals surface area contributed by atoms with Gasteiger partial charge in [-0.2, -0.15) is 7.82 Å². The van der Waals surface area contributed by atoms with Gasteiger partial charge in [0.25, 0.3) is 0 Å². The molecular weight excluding hydrogens is 241 g/mol. The van der Waals surface area contributed by atoms with E-state index in [1.807, 2.05) is 11.4 Å². The molecule has 5 nitrogen and oxygen atoms in total. The van der Waals surface area contributed by atoms with Crippen molar-refractivity contribution in [1.29, 1.82) is 0 Å². The van der Waals surface area contributed by atoms with Crippen LogP contribution in [0, 0.1) is 0 Å². The number of hydrogen-bond acceptors (Lipinski definition) is 6. The number of nitrogens with zero attached hydrogens (tertiary/aromatic N) is 1. The van der Waals surface area contributed by atoms with E-state index in [-0.39, 0.29) is 17.1 Å². The predicted molar refractivity (Wildman–Crippen MR) is 29.7 cm³/mol. The van der Waals surface area contributed by atoms with Gasteiger partial charge in [-0.1, -0.05) is 0 Å². The topological polar surface area (TPSA) is 99.1 Å². The molecule has 8 heteroatoms. The van der Waals surface area contributed by atoms with Crippen LogP contribution in [0.15, 0.2) is 17.6 Å². The van der Waals surface area contributed by atoms with Gasteiger partial charge < -0.3 is 19.2 Å². The second-order valence-electron chi connectivity index (χ2n) is 1.14. The summed E-state index contributed by atoms with van der Waals surface area (Å²) in [6, 6.07) is 1.91. The third-order valence-electron chi connectivity index (χ3n) is 0.347. The Hall–Kier alpha value is 0.259. The SMILES string of the molecule is O=P([O-])([O-])[O-].[Cu+3].c1cnsc1. The molecule has 0 unspecified atom stereocenters. The molecule has 1 aromatic heterocycles.